The first-order valence-electron chi connectivity index (χ1n) is 6.42. The maximum absolute atomic E-state index is 12.0. The lowest BCUT2D eigenvalue weighted by Gasteiger charge is -2.32. The second-order valence-electron chi connectivity index (χ2n) is 6.13. The van der Waals surface area contributed by atoms with Crippen LogP contribution in [0, 0.1) is 23.2 Å². The van der Waals surface area contributed by atoms with Crippen molar-refractivity contribution in [1.29, 1.82) is 5.26 Å². The molecule has 0 unspecified atom stereocenters. The van der Waals surface area contributed by atoms with Crippen molar-refractivity contribution in [3.63, 3.8) is 0 Å². The maximum atomic E-state index is 12.0. The molecule has 4 heteroatoms. The molecule has 1 aliphatic carbocycles. The van der Waals surface area contributed by atoms with E-state index in [1.54, 1.807) is 0 Å². The van der Waals surface area contributed by atoms with Crippen LogP contribution in [0.1, 0.15) is 53.4 Å². The second-order valence-corrected chi connectivity index (χ2v) is 8.12. The molecule has 0 amide bonds. The number of hydrogen-bond donors (Lipinski definition) is 1. The van der Waals surface area contributed by atoms with Gasteiger partial charge >= 0.3 is 0 Å². The average Bonchev–Trinajstić information content (AvgIpc) is 2.25. The molecule has 0 aliphatic heterocycles. The van der Waals surface area contributed by atoms with Gasteiger partial charge in [0.2, 0.25) is 0 Å². The normalized spacial score (nSPS) is 29.4. The third kappa shape index (κ3) is 4.50. The summed E-state index contributed by atoms with van der Waals surface area (Å²) < 4.78 is 14.7. The lowest BCUT2D eigenvalue weighted by atomic mass is 9.80. The molecule has 0 heterocycles. The van der Waals surface area contributed by atoms with Crippen molar-refractivity contribution in [3.8, 4) is 6.07 Å². The van der Waals surface area contributed by atoms with Gasteiger partial charge in [-0.1, -0.05) is 19.8 Å². The smallest absolute Gasteiger partial charge is 0.142 e. The van der Waals surface area contributed by atoms with Crippen LogP contribution in [0.2, 0.25) is 0 Å². The summed E-state index contributed by atoms with van der Waals surface area (Å²) in [6.07, 6.45) is 4.53. The van der Waals surface area contributed by atoms with Gasteiger partial charge in [-0.05, 0) is 45.4 Å². The molecule has 0 aromatic heterocycles. The van der Waals surface area contributed by atoms with Gasteiger partial charge in [-0.25, -0.2) is 0 Å². The molecule has 1 N–H and O–H groups in total. The first kappa shape index (κ1) is 14.8. The number of nitriles is 1. The molecule has 1 fully saturated rings. The Hall–Kier alpha value is -0.240. The Morgan fingerprint density at radius 2 is 1.82 bits per heavy atom. The van der Waals surface area contributed by atoms with E-state index in [0.29, 0.717) is 5.92 Å². The number of nitrogens with zero attached hydrogens (tertiary/aromatic N) is 1. The average molecular weight is 256 g/mol. The molecule has 1 aliphatic rings. The van der Waals surface area contributed by atoms with E-state index in [1.807, 2.05) is 20.8 Å². The van der Waals surface area contributed by atoms with Crippen molar-refractivity contribution >= 4 is 11.4 Å². The summed E-state index contributed by atoms with van der Waals surface area (Å²) in [5.41, 5.74) is 0. The first-order chi connectivity index (χ1) is 7.84. The number of rotatable bonds is 3. The molecular formula is C13H24N2OS. The fraction of sp³-hybridized carbons (Fsp3) is 0.923. The highest BCUT2D eigenvalue weighted by Gasteiger charge is 2.33. The topological polar surface area (TPSA) is 58.9 Å². The molecule has 3 nitrogen and oxygen atoms in total. The van der Waals surface area contributed by atoms with Crippen LogP contribution >= 0.6 is 0 Å². The Morgan fingerprint density at radius 3 is 2.24 bits per heavy atom. The van der Waals surface area contributed by atoms with Crippen LogP contribution in [0.4, 0.5) is 0 Å². The van der Waals surface area contributed by atoms with Crippen LogP contribution in [-0.2, 0) is 11.4 Å². The molecule has 2 atom stereocenters. The summed E-state index contributed by atoms with van der Waals surface area (Å²) in [5, 5.41) is 9.21. The van der Waals surface area contributed by atoms with Crippen molar-refractivity contribution < 1.29 is 4.55 Å². The lowest BCUT2D eigenvalue weighted by molar-refractivity contribution is 0.267. The zero-order chi connectivity index (χ0) is 13.1. The monoisotopic (exact) mass is 256 g/mol. The molecule has 0 aromatic rings. The van der Waals surface area contributed by atoms with Gasteiger partial charge in [0, 0.05) is 11.4 Å². The fourth-order valence-corrected chi connectivity index (χ4v) is 2.97. The minimum Gasteiger partial charge on any atom is -0.598 e. The minimum absolute atomic E-state index is 0.262. The Balaban J connectivity index is 2.52. The van der Waals surface area contributed by atoms with Gasteiger partial charge in [0.05, 0.1) is 6.07 Å². The molecule has 0 radical (unpaired) electrons. The van der Waals surface area contributed by atoms with Crippen molar-refractivity contribution in [2.45, 2.75) is 64.2 Å². The van der Waals surface area contributed by atoms with E-state index < -0.39 is 11.4 Å². The van der Waals surface area contributed by atoms with Crippen molar-refractivity contribution in [2.24, 2.45) is 11.8 Å². The zero-order valence-corrected chi connectivity index (χ0v) is 12.1. The van der Waals surface area contributed by atoms with Gasteiger partial charge < -0.3 is 4.55 Å². The molecule has 0 saturated heterocycles. The predicted octanol–water partition coefficient (Wildman–Crippen LogP) is 2.76. The van der Waals surface area contributed by atoms with Crippen LogP contribution in [0.15, 0.2) is 0 Å². The first-order valence-corrected chi connectivity index (χ1v) is 7.57. The fourth-order valence-electron chi connectivity index (χ4n) is 2.14. The molecule has 1 saturated carbocycles. The molecule has 0 aromatic carbocycles. The Kier molecular flexibility index (Phi) is 5.30. The second kappa shape index (κ2) is 6.08. The summed E-state index contributed by atoms with van der Waals surface area (Å²) in [6.45, 7) is 8.03. The number of nitrogens with one attached hydrogen (secondary N) is 1. The van der Waals surface area contributed by atoms with Crippen molar-refractivity contribution in [2.75, 3.05) is 0 Å². The van der Waals surface area contributed by atoms with Gasteiger partial charge in [-0.2, -0.15) is 5.26 Å². The van der Waals surface area contributed by atoms with Crippen LogP contribution < -0.4 is 4.72 Å². The predicted molar refractivity (Wildman–Crippen MR) is 71.6 cm³/mol. The van der Waals surface area contributed by atoms with E-state index in [-0.39, 0.29) is 10.8 Å². The van der Waals surface area contributed by atoms with E-state index in [4.69, 9.17) is 0 Å². The minimum atomic E-state index is -1.15. The Bertz CT molecular complexity index is 274. The van der Waals surface area contributed by atoms with E-state index in [9.17, 15) is 9.81 Å². The van der Waals surface area contributed by atoms with Crippen LogP contribution in [-0.4, -0.2) is 15.3 Å². The molecule has 1 rings (SSSR count). The molecule has 98 valence electrons. The Morgan fingerprint density at radius 1 is 1.29 bits per heavy atom. The van der Waals surface area contributed by atoms with E-state index in [1.165, 1.54) is 12.8 Å². The lowest BCUT2D eigenvalue weighted by Crippen LogP contribution is -2.47. The van der Waals surface area contributed by atoms with Crippen LogP contribution in [0.3, 0.4) is 0 Å². The van der Waals surface area contributed by atoms with Gasteiger partial charge in [0.1, 0.15) is 10.8 Å². The molecule has 0 bridgehead atoms. The van der Waals surface area contributed by atoms with Gasteiger partial charge in [0.15, 0.2) is 0 Å². The van der Waals surface area contributed by atoms with Crippen LogP contribution in [0.25, 0.3) is 0 Å². The van der Waals surface area contributed by atoms with E-state index in [2.05, 4.69) is 17.7 Å². The molecule has 0 spiro atoms. The highest BCUT2D eigenvalue weighted by Crippen LogP contribution is 2.31. The number of hydrogen-bond acceptors (Lipinski definition) is 3. The van der Waals surface area contributed by atoms with E-state index >= 15 is 0 Å². The van der Waals surface area contributed by atoms with Crippen molar-refractivity contribution in [3.05, 3.63) is 0 Å². The largest absolute Gasteiger partial charge is 0.598 e. The van der Waals surface area contributed by atoms with Gasteiger partial charge in [-0.15, -0.1) is 4.72 Å². The van der Waals surface area contributed by atoms with E-state index in [0.717, 1.165) is 18.8 Å². The molecule has 17 heavy (non-hydrogen) atoms. The van der Waals surface area contributed by atoms with Gasteiger partial charge in [-0.3, -0.25) is 0 Å². The SMILES string of the molecule is CC(C)(C)[S@+]([O-])N[C@H](C#N)[C@H]1CC[C@H](C)CC1. The third-order valence-corrected chi connectivity index (χ3v) is 5.04. The van der Waals surface area contributed by atoms with Crippen molar-refractivity contribution in [1.82, 2.24) is 4.72 Å². The zero-order valence-electron chi connectivity index (χ0n) is 11.3. The highest BCUT2D eigenvalue weighted by atomic mass is 32.2. The standard InChI is InChI=1S/C13H24N2OS/c1-10-5-7-11(8-6-10)12(9-14)15-17(16)13(2,3)4/h10-12,15H,5-8H2,1-4H3/t10-,11-,12-,17+/m1/s1. The Labute approximate surface area is 108 Å². The third-order valence-electron chi connectivity index (χ3n) is 3.46. The quantitative estimate of drug-likeness (QED) is 0.790. The summed E-state index contributed by atoms with van der Waals surface area (Å²) >= 11 is -1.15. The molecular weight excluding hydrogens is 232 g/mol. The summed E-state index contributed by atoms with van der Waals surface area (Å²) in [7, 11) is 0. The summed E-state index contributed by atoms with van der Waals surface area (Å²) in [4.78, 5) is 0. The summed E-state index contributed by atoms with van der Waals surface area (Å²) in [5.74, 6) is 1.14. The highest BCUT2D eigenvalue weighted by molar-refractivity contribution is 7.90. The van der Waals surface area contributed by atoms with Gasteiger partial charge in [0.25, 0.3) is 0 Å². The summed E-state index contributed by atoms with van der Waals surface area (Å²) in [6, 6.07) is 2.02. The maximum Gasteiger partial charge on any atom is 0.142 e. The van der Waals surface area contributed by atoms with Crippen LogP contribution in [0.5, 0.6) is 0 Å².